The SMILES string of the molecule is CCOC(=O)CSC1=Nc2c(cnn2-c2cccc(Cl)c2)C2=NCCCN12. The van der Waals surface area contributed by atoms with Gasteiger partial charge in [-0.3, -0.25) is 9.79 Å². The van der Waals surface area contributed by atoms with E-state index in [-0.39, 0.29) is 11.7 Å². The Bertz CT molecular complexity index is 940. The summed E-state index contributed by atoms with van der Waals surface area (Å²) >= 11 is 7.49. The number of fused-ring (bicyclic) bond motifs is 3. The van der Waals surface area contributed by atoms with Gasteiger partial charge >= 0.3 is 5.97 Å². The zero-order chi connectivity index (χ0) is 18.8. The van der Waals surface area contributed by atoms with E-state index < -0.39 is 0 Å². The molecule has 0 radical (unpaired) electrons. The average Bonchev–Trinajstić information content (AvgIpc) is 3.10. The van der Waals surface area contributed by atoms with Crippen LogP contribution in [0.5, 0.6) is 0 Å². The van der Waals surface area contributed by atoms with Crippen LogP contribution >= 0.6 is 23.4 Å². The minimum atomic E-state index is -0.255. The average molecular weight is 404 g/mol. The van der Waals surface area contributed by atoms with Crippen molar-refractivity contribution in [3.63, 3.8) is 0 Å². The highest BCUT2D eigenvalue weighted by Crippen LogP contribution is 2.33. The molecule has 9 heteroatoms. The predicted molar refractivity (Wildman–Crippen MR) is 107 cm³/mol. The first-order valence-electron chi connectivity index (χ1n) is 8.71. The van der Waals surface area contributed by atoms with Gasteiger partial charge in [-0.05, 0) is 31.5 Å². The van der Waals surface area contributed by atoms with E-state index in [0.717, 1.165) is 41.8 Å². The van der Waals surface area contributed by atoms with Crippen LogP contribution in [0.1, 0.15) is 18.9 Å². The molecule has 0 atom stereocenters. The fraction of sp³-hybridized carbons (Fsp3) is 0.333. The fourth-order valence-corrected chi connectivity index (χ4v) is 4.01. The van der Waals surface area contributed by atoms with Crippen molar-refractivity contribution in [2.24, 2.45) is 9.98 Å². The van der Waals surface area contributed by atoms with Gasteiger partial charge < -0.3 is 9.64 Å². The van der Waals surface area contributed by atoms with Gasteiger partial charge in [0.2, 0.25) is 0 Å². The fourth-order valence-electron chi connectivity index (χ4n) is 3.01. The number of benzene rings is 1. The number of carbonyl (C=O) groups excluding carboxylic acids is 1. The molecule has 0 aliphatic carbocycles. The Labute approximate surface area is 166 Å². The van der Waals surface area contributed by atoms with Gasteiger partial charge in [-0.25, -0.2) is 9.67 Å². The van der Waals surface area contributed by atoms with Gasteiger partial charge in [-0.15, -0.1) is 0 Å². The highest BCUT2D eigenvalue weighted by atomic mass is 35.5. The molecule has 2 aromatic rings. The summed E-state index contributed by atoms with van der Waals surface area (Å²) in [6.07, 6.45) is 2.73. The van der Waals surface area contributed by atoms with Gasteiger partial charge in [0.15, 0.2) is 11.0 Å². The highest BCUT2D eigenvalue weighted by Gasteiger charge is 2.32. The zero-order valence-electron chi connectivity index (χ0n) is 14.8. The summed E-state index contributed by atoms with van der Waals surface area (Å²) in [5.41, 5.74) is 1.71. The monoisotopic (exact) mass is 403 g/mol. The molecule has 2 aliphatic rings. The molecular weight excluding hydrogens is 386 g/mol. The van der Waals surface area contributed by atoms with Crippen molar-refractivity contribution in [3.8, 4) is 5.69 Å². The lowest BCUT2D eigenvalue weighted by Crippen LogP contribution is -2.42. The Hall–Kier alpha value is -2.32. The van der Waals surface area contributed by atoms with Crippen molar-refractivity contribution in [2.45, 2.75) is 13.3 Å². The van der Waals surface area contributed by atoms with Crippen LogP contribution < -0.4 is 0 Å². The molecule has 140 valence electrons. The smallest absolute Gasteiger partial charge is 0.316 e. The number of rotatable bonds is 4. The molecular formula is C18H18ClN5O2S. The van der Waals surface area contributed by atoms with Gasteiger partial charge in [0, 0.05) is 18.1 Å². The summed E-state index contributed by atoms with van der Waals surface area (Å²) in [6.45, 7) is 3.75. The van der Waals surface area contributed by atoms with E-state index in [2.05, 4.69) is 15.0 Å². The highest BCUT2D eigenvalue weighted by molar-refractivity contribution is 8.14. The van der Waals surface area contributed by atoms with Crippen molar-refractivity contribution in [1.29, 1.82) is 0 Å². The Morgan fingerprint density at radius 3 is 3.11 bits per heavy atom. The van der Waals surface area contributed by atoms with Crippen molar-refractivity contribution in [3.05, 3.63) is 41.0 Å². The van der Waals surface area contributed by atoms with E-state index in [4.69, 9.17) is 21.3 Å². The third-order valence-electron chi connectivity index (χ3n) is 4.15. The lowest BCUT2D eigenvalue weighted by atomic mass is 10.2. The largest absolute Gasteiger partial charge is 0.465 e. The molecule has 0 fully saturated rings. The normalized spacial score (nSPS) is 15.6. The number of thioether (sulfide) groups is 1. The lowest BCUT2D eigenvalue weighted by molar-refractivity contribution is -0.139. The summed E-state index contributed by atoms with van der Waals surface area (Å²) in [5.74, 6) is 1.50. The van der Waals surface area contributed by atoms with Crippen LogP contribution in [0.15, 0.2) is 40.4 Å². The van der Waals surface area contributed by atoms with Gasteiger partial charge in [-0.2, -0.15) is 5.10 Å². The van der Waals surface area contributed by atoms with Gasteiger partial charge in [-0.1, -0.05) is 29.4 Å². The van der Waals surface area contributed by atoms with Crippen LogP contribution in [-0.2, 0) is 9.53 Å². The van der Waals surface area contributed by atoms with E-state index in [1.54, 1.807) is 17.8 Å². The van der Waals surface area contributed by atoms with Crippen LogP contribution in [-0.4, -0.2) is 57.1 Å². The topological polar surface area (TPSA) is 72.1 Å². The first kappa shape index (κ1) is 18.1. The van der Waals surface area contributed by atoms with Crippen LogP contribution in [0.25, 0.3) is 5.69 Å². The molecule has 0 spiro atoms. The second-order valence-corrected chi connectivity index (χ2v) is 7.35. The number of hydrogen-bond acceptors (Lipinski definition) is 7. The predicted octanol–water partition coefficient (Wildman–Crippen LogP) is 3.28. The molecule has 2 aliphatic heterocycles. The lowest BCUT2D eigenvalue weighted by Gasteiger charge is -2.32. The third-order valence-corrected chi connectivity index (χ3v) is 5.34. The van der Waals surface area contributed by atoms with Crippen molar-refractivity contribution >= 4 is 46.2 Å². The van der Waals surface area contributed by atoms with E-state index in [1.807, 2.05) is 24.3 Å². The summed E-state index contributed by atoms with van der Waals surface area (Å²) in [5, 5.41) is 5.87. The molecule has 4 rings (SSSR count). The summed E-state index contributed by atoms with van der Waals surface area (Å²) < 4.78 is 6.78. The van der Waals surface area contributed by atoms with E-state index in [1.165, 1.54) is 11.8 Å². The first-order valence-corrected chi connectivity index (χ1v) is 10.1. The molecule has 0 amide bonds. The summed E-state index contributed by atoms with van der Waals surface area (Å²) in [4.78, 5) is 23.3. The van der Waals surface area contributed by atoms with Crippen molar-refractivity contribution < 1.29 is 9.53 Å². The zero-order valence-corrected chi connectivity index (χ0v) is 16.3. The Kier molecular flexibility index (Phi) is 5.18. The molecule has 27 heavy (non-hydrogen) atoms. The van der Waals surface area contributed by atoms with Crippen molar-refractivity contribution in [1.82, 2.24) is 14.7 Å². The number of amidine groups is 2. The second-order valence-electron chi connectivity index (χ2n) is 5.97. The van der Waals surface area contributed by atoms with E-state index in [0.29, 0.717) is 17.4 Å². The Morgan fingerprint density at radius 2 is 2.30 bits per heavy atom. The molecule has 0 N–H and O–H groups in total. The molecule has 0 bridgehead atoms. The maximum atomic E-state index is 11.8. The van der Waals surface area contributed by atoms with Crippen LogP contribution in [0.4, 0.5) is 5.82 Å². The number of esters is 1. The quantitative estimate of drug-likeness (QED) is 0.732. The van der Waals surface area contributed by atoms with E-state index >= 15 is 0 Å². The maximum absolute atomic E-state index is 11.8. The number of nitrogens with zero attached hydrogens (tertiary/aromatic N) is 5. The van der Waals surface area contributed by atoms with Gasteiger partial charge in [0.05, 0.1) is 29.8 Å². The first-order chi connectivity index (χ1) is 13.2. The van der Waals surface area contributed by atoms with Crippen molar-refractivity contribution in [2.75, 3.05) is 25.4 Å². The number of ether oxygens (including phenoxy) is 1. The minimum Gasteiger partial charge on any atom is -0.465 e. The van der Waals surface area contributed by atoms with Crippen LogP contribution in [0.3, 0.4) is 0 Å². The number of aliphatic imine (C=N–C) groups is 2. The maximum Gasteiger partial charge on any atom is 0.316 e. The third kappa shape index (κ3) is 3.59. The molecule has 1 aromatic carbocycles. The number of aromatic nitrogens is 2. The molecule has 1 aromatic heterocycles. The van der Waals surface area contributed by atoms with Gasteiger partial charge in [0.25, 0.3) is 0 Å². The molecule has 3 heterocycles. The van der Waals surface area contributed by atoms with Gasteiger partial charge in [0.1, 0.15) is 5.84 Å². The van der Waals surface area contributed by atoms with Crippen LogP contribution in [0, 0.1) is 0 Å². The Balaban J connectivity index is 1.73. The standard InChI is InChI=1S/C18H18ClN5O2S/c1-2-26-15(25)11-27-18-22-17-14(16-20-7-4-8-23(16)18)10-21-24(17)13-6-3-5-12(19)9-13/h3,5-6,9-10H,2,4,7-8,11H2,1H3. The van der Waals surface area contributed by atoms with E-state index in [9.17, 15) is 4.79 Å². The molecule has 0 saturated heterocycles. The molecule has 0 unspecified atom stereocenters. The molecule has 0 saturated carbocycles. The summed E-state index contributed by atoms with van der Waals surface area (Å²) in [7, 11) is 0. The molecule has 7 nitrogen and oxygen atoms in total. The minimum absolute atomic E-state index is 0.205. The Morgan fingerprint density at radius 1 is 1.41 bits per heavy atom. The number of halogens is 1. The number of hydrogen-bond donors (Lipinski definition) is 0. The second kappa shape index (κ2) is 7.74. The summed E-state index contributed by atoms with van der Waals surface area (Å²) in [6, 6.07) is 7.46. The van der Waals surface area contributed by atoms with Crippen LogP contribution in [0.2, 0.25) is 5.02 Å². The number of carbonyl (C=O) groups is 1.